The van der Waals surface area contributed by atoms with Crippen molar-refractivity contribution >= 4 is 49.1 Å². The van der Waals surface area contributed by atoms with Crippen molar-refractivity contribution in [1.82, 2.24) is 0 Å². The highest BCUT2D eigenvalue weighted by Gasteiger charge is 2.30. The van der Waals surface area contributed by atoms with Gasteiger partial charge in [-0.25, -0.2) is 13.3 Å². The molecule has 0 bridgehead atoms. The monoisotopic (exact) mass is 540 g/mol. The highest BCUT2D eigenvalue weighted by atomic mass is 79.9. The van der Waals surface area contributed by atoms with E-state index in [1.165, 1.54) is 23.4 Å². The summed E-state index contributed by atoms with van der Waals surface area (Å²) in [6.07, 6.45) is 2.43. The van der Waals surface area contributed by atoms with Gasteiger partial charge >= 0.3 is 0 Å². The number of halogens is 1. The maximum absolute atomic E-state index is 13.8. The van der Waals surface area contributed by atoms with Crippen LogP contribution >= 0.6 is 15.9 Å². The first kappa shape index (κ1) is 24.2. The van der Waals surface area contributed by atoms with Gasteiger partial charge in [0.15, 0.2) is 0 Å². The molecule has 0 aliphatic carbocycles. The van der Waals surface area contributed by atoms with E-state index in [0.717, 1.165) is 39.8 Å². The molecular formula is C26H25BrN2O4S. The Morgan fingerprint density at radius 2 is 1.74 bits per heavy atom. The molecule has 1 aliphatic heterocycles. The fourth-order valence-electron chi connectivity index (χ4n) is 4.21. The Morgan fingerprint density at radius 1 is 0.971 bits per heavy atom. The molecule has 0 saturated heterocycles. The van der Waals surface area contributed by atoms with Crippen molar-refractivity contribution in [3.8, 4) is 0 Å². The SMILES string of the molecule is CC(=O)N(C(=O)c1ccccc1C)c1cccc(S(=O)(=O)N2CCCCc3ccc(Br)cc32)c1. The number of amides is 2. The molecule has 0 N–H and O–H groups in total. The van der Waals surface area contributed by atoms with Crippen molar-refractivity contribution in [3.63, 3.8) is 0 Å². The smallest absolute Gasteiger partial charge is 0.265 e. The first-order valence-corrected chi connectivity index (χ1v) is 13.3. The average Bonchev–Trinajstić information content (AvgIpc) is 3.02. The standard InChI is InChI=1S/C26H25BrN2O4S/c1-18-8-3-4-12-24(18)26(31)29(19(2)30)22-10-7-11-23(17-22)34(32,33)28-15-6-5-9-20-13-14-21(27)16-25(20)28/h3-4,7-8,10-14,16-17H,5-6,9,15H2,1-2H3. The van der Waals surface area contributed by atoms with Crippen molar-refractivity contribution in [2.45, 2.75) is 38.0 Å². The highest BCUT2D eigenvalue weighted by Crippen LogP contribution is 2.34. The van der Waals surface area contributed by atoms with Crippen LogP contribution in [0.4, 0.5) is 11.4 Å². The molecule has 0 atom stereocenters. The van der Waals surface area contributed by atoms with Gasteiger partial charge in [0.05, 0.1) is 16.3 Å². The van der Waals surface area contributed by atoms with Gasteiger partial charge in [0, 0.05) is 23.5 Å². The topological polar surface area (TPSA) is 74.8 Å². The van der Waals surface area contributed by atoms with Crippen molar-refractivity contribution < 1.29 is 18.0 Å². The lowest BCUT2D eigenvalue weighted by Gasteiger charge is -2.26. The van der Waals surface area contributed by atoms with Gasteiger partial charge in [0.2, 0.25) is 5.91 Å². The molecule has 4 rings (SSSR count). The first-order chi connectivity index (χ1) is 16.2. The van der Waals surface area contributed by atoms with Crippen LogP contribution in [0.15, 0.2) is 76.1 Å². The highest BCUT2D eigenvalue weighted by molar-refractivity contribution is 9.10. The van der Waals surface area contributed by atoms with Crippen molar-refractivity contribution in [2.24, 2.45) is 0 Å². The lowest BCUT2D eigenvalue weighted by Crippen LogP contribution is -2.36. The van der Waals surface area contributed by atoms with Gasteiger partial charge in [0.25, 0.3) is 15.9 Å². The summed E-state index contributed by atoms with van der Waals surface area (Å²) < 4.78 is 29.8. The van der Waals surface area contributed by atoms with E-state index in [4.69, 9.17) is 0 Å². The zero-order chi connectivity index (χ0) is 24.5. The normalized spacial score (nSPS) is 13.7. The summed E-state index contributed by atoms with van der Waals surface area (Å²) in [7, 11) is -3.93. The van der Waals surface area contributed by atoms with E-state index in [1.54, 1.807) is 37.3 Å². The molecule has 1 heterocycles. The molecule has 1 aliphatic rings. The van der Waals surface area contributed by atoms with Crippen LogP contribution in [-0.2, 0) is 21.2 Å². The van der Waals surface area contributed by atoms with E-state index in [0.29, 0.717) is 17.8 Å². The molecule has 0 fully saturated rings. The molecule has 0 spiro atoms. The average molecular weight is 541 g/mol. The molecular weight excluding hydrogens is 516 g/mol. The number of carbonyl (C=O) groups is 2. The van der Waals surface area contributed by atoms with Crippen LogP contribution in [0.1, 0.15) is 41.3 Å². The number of fused-ring (bicyclic) bond motifs is 1. The third kappa shape index (κ3) is 4.65. The Hall–Kier alpha value is -2.97. The molecule has 176 valence electrons. The van der Waals surface area contributed by atoms with E-state index in [-0.39, 0.29) is 10.6 Å². The summed E-state index contributed by atoms with van der Waals surface area (Å²) in [5, 5.41) is 0. The lowest BCUT2D eigenvalue weighted by atomic mass is 10.1. The number of anilines is 2. The largest absolute Gasteiger partial charge is 0.274 e. The van der Waals surface area contributed by atoms with Crippen LogP contribution in [0, 0.1) is 6.92 Å². The Kier molecular flexibility index (Phi) is 6.91. The van der Waals surface area contributed by atoms with Gasteiger partial charge in [-0.2, -0.15) is 0 Å². The summed E-state index contributed by atoms with van der Waals surface area (Å²) in [4.78, 5) is 26.8. The van der Waals surface area contributed by atoms with Crippen molar-refractivity contribution in [2.75, 3.05) is 15.7 Å². The number of sulfonamides is 1. The van der Waals surface area contributed by atoms with Gasteiger partial charge in [-0.1, -0.05) is 46.3 Å². The quantitative estimate of drug-likeness (QED) is 0.439. The van der Waals surface area contributed by atoms with Crippen LogP contribution in [-0.4, -0.2) is 26.8 Å². The second-order valence-corrected chi connectivity index (χ2v) is 11.1. The van der Waals surface area contributed by atoms with Crippen molar-refractivity contribution in [3.05, 3.63) is 87.9 Å². The number of hydrogen-bond donors (Lipinski definition) is 0. The number of aryl methyl sites for hydroxylation is 2. The van der Waals surface area contributed by atoms with E-state index in [9.17, 15) is 18.0 Å². The number of benzene rings is 3. The zero-order valence-electron chi connectivity index (χ0n) is 19.0. The van der Waals surface area contributed by atoms with E-state index in [1.807, 2.05) is 24.3 Å². The fraction of sp³-hybridized carbons (Fsp3) is 0.231. The van der Waals surface area contributed by atoms with Crippen LogP contribution in [0.3, 0.4) is 0 Å². The van der Waals surface area contributed by atoms with Crippen LogP contribution < -0.4 is 9.21 Å². The minimum atomic E-state index is -3.93. The molecule has 8 heteroatoms. The molecule has 3 aromatic rings. The Labute approximate surface area is 208 Å². The summed E-state index contributed by atoms with van der Waals surface area (Å²) >= 11 is 3.45. The summed E-state index contributed by atoms with van der Waals surface area (Å²) in [5.74, 6) is -0.990. The third-order valence-corrected chi connectivity index (χ3v) is 8.23. The number of imide groups is 1. The van der Waals surface area contributed by atoms with E-state index >= 15 is 0 Å². The molecule has 0 radical (unpaired) electrons. The van der Waals surface area contributed by atoms with Gasteiger partial charge in [0.1, 0.15) is 0 Å². The minimum absolute atomic E-state index is 0.0293. The second kappa shape index (κ2) is 9.72. The zero-order valence-corrected chi connectivity index (χ0v) is 21.4. The van der Waals surface area contributed by atoms with Gasteiger partial charge in [-0.15, -0.1) is 0 Å². The molecule has 6 nitrogen and oxygen atoms in total. The van der Waals surface area contributed by atoms with Crippen LogP contribution in [0.25, 0.3) is 0 Å². The summed E-state index contributed by atoms with van der Waals surface area (Å²) in [6, 6.07) is 18.7. The molecule has 0 aromatic heterocycles. The lowest BCUT2D eigenvalue weighted by molar-refractivity contribution is -0.115. The van der Waals surface area contributed by atoms with Crippen LogP contribution in [0.5, 0.6) is 0 Å². The minimum Gasteiger partial charge on any atom is -0.274 e. The summed E-state index contributed by atoms with van der Waals surface area (Å²) in [6.45, 7) is 3.44. The van der Waals surface area contributed by atoms with Gasteiger partial charge in [-0.05, 0) is 73.7 Å². The van der Waals surface area contributed by atoms with Gasteiger partial charge in [-0.3, -0.25) is 13.9 Å². The van der Waals surface area contributed by atoms with Gasteiger partial charge < -0.3 is 0 Å². The molecule has 0 unspecified atom stereocenters. The Balaban J connectivity index is 1.77. The van der Waals surface area contributed by atoms with E-state index < -0.39 is 21.8 Å². The van der Waals surface area contributed by atoms with Crippen molar-refractivity contribution in [1.29, 1.82) is 0 Å². The molecule has 0 saturated carbocycles. The number of nitrogens with zero attached hydrogens (tertiary/aromatic N) is 2. The predicted molar refractivity (Wildman–Crippen MR) is 137 cm³/mol. The first-order valence-electron chi connectivity index (χ1n) is 11.0. The second-order valence-electron chi connectivity index (χ2n) is 8.28. The molecule has 34 heavy (non-hydrogen) atoms. The maximum atomic E-state index is 13.8. The van der Waals surface area contributed by atoms with Crippen LogP contribution in [0.2, 0.25) is 0 Å². The third-order valence-electron chi connectivity index (χ3n) is 5.93. The number of rotatable bonds is 4. The Morgan fingerprint density at radius 3 is 2.47 bits per heavy atom. The predicted octanol–water partition coefficient (Wildman–Crippen LogP) is 5.48. The fourth-order valence-corrected chi connectivity index (χ4v) is 6.13. The number of hydrogen-bond acceptors (Lipinski definition) is 4. The molecule has 2 amide bonds. The maximum Gasteiger partial charge on any atom is 0.265 e. The van der Waals surface area contributed by atoms with E-state index in [2.05, 4.69) is 15.9 Å². The summed E-state index contributed by atoms with van der Waals surface area (Å²) in [5.41, 5.74) is 2.95. The number of carbonyl (C=O) groups excluding carboxylic acids is 2. The Bertz CT molecular complexity index is 1370. The molecule has 3 aromatic carbocycles.